The van der Waals surface area contributed by atoms with Crippen LogP contribution in [0.3, 0.4) is 0 Å². The molecule has 0 bridgehead atoms. The second kappa shape index (κ2) is 10.8. The highest BCUT2D eigenvalue weighted by molar-refractivity contribution is 7.98. The Morgan fingerprint density at radius 1 is 1.03 bits per heavy atom. The van der Waals surface area contributed by atoms with Gasteiger partial charge >= 0.3 is 6.03 Å². The molecule has 0 saturated carbocycles. The lowest BCUT2D eigenvalue weighted by Crippen LogP contribution is -2.32. The molecule has 4 rings (SSSR count). The van der Waals surface area contributed by atoms with E-state index in [1.165, 1.54) is 11.1 Å². The third kappa shape index (κ3) is 5.79. The van der Waals surface area contributed by atoms with Crippen LogP contribution in [0, 0.1) is 13.8 Å². The summed E-state index contributed by atoms with van der Waals surface area (Å²) < 4.78 is 1.98. The van der Waals surface area contributed by atoms with E-state index >= 15 is 0 Å². The van der Waals surface area contributed by atoms with E-state index in [-0.39, 0.29) is 6.03 Å². The molecule has 0 aliphatic heterocycles. The summed E-state index contributed by atoms with van der Waals surface area (Å²) in [5.74, 6) is 1.37. The number of aryl methyl sites for hydroxylation is 2. The molecule has 2 N–H and O–H groups in total. The van der Waals surface area contributed by atoms with Gasteiger partial charge in [0.1, 0.15) is 0 Å². The summed E-state index contributed by atoms with van der Waals surface area (Å²) in [6, 6.07) is 22.7. The van der Waals surface area contributed by atoms with Crippen LogP contribution in [-0.4, -0.2) is 20.8 Å². The predicted octanol–water partition coefficient (Wildman–Crippen LogP) is 6.71. The molecule has 1 atom stereocenters. The number of hydrogen-bond acceptors (Lipinski definition) is 4. The fourth-order valence-electron chi connectivity index (χ4n) is 3.60. The molecule has 1 aromatic heterocycles. The highest BCUT2D eigenvalue weighted by atomic mass is 35.5. The Hall–Kier alpha value is -3.29. The second-order valence-corrected chi connectivity index (χ2v) is 9.45. The molecule has 0 aliphatic rings. The third-order valence-electron chi connectivity index (χ3n) is 5.29. The first kappa shape index (κ1) is 23.9. The van der Waals surface area contributed by atoms with Crippen LogP contribution in [0.25, 0.3) is 5.69 Å². The molecule has 2 amide bonds. The van der Waals surface area contributed by atoms with E-state index in [2.05, 4.69) is 52.0 Å². The molecule has 6 nitrogen and oxygen atoms in total. The molecule has 0 aliphatic carbocycles. The van der Waals surface area contributed by atoms with Crippen molar-refractivity contribution in [3.8, 4) is 5.69 Å². The predicted molar refractivity (Wildman–Crippen MR) is 139 cm³/mol. The van der Waals surface area contributed by atoms with E-state index in [1.54, 1.807) is 11.8 Å². The highest BCUT2D eigenvalue weighted by Gasteiger charge is 2.22. The molecule has 174 valence electrons. The van der Waals surface area contributed by atoms with E-state index in [9.17, 15) is 4.79 Å². The number of urea groups is 1. The normalized spacial score (nSPS) is 11.8. The number of hydrogen-bond donors (Lipinski definition) is 2. The topological polar surface area (TPSA) is 71.8 Å². The number of thioether (sulfide) groups is 1. The van der Waals surface area contributed by atoms with Crippen molar-refractivity contribution < 1.29 is 4.79 Å². The number of benzene rings is 3. The maximum atomic E-state index is 12.6. The van der Waals surface area contributed by atoms with Crippen LogP contribution >= 0.6 is 23.4 Å². The second-order valence-electron chi connectivity index (χ2n) is 8.07. The summed E-state index contributed by atoms with van der Waals surface area (Å²) in [4.78, 5) is 12.6. The van der Waals surface area contributed by atoms with Crippen molar-refractivity contribution in [1.29, 1.82) is 0 Å². The van der Waals surface area contributed by atoms with Gasteiger partial charge in [-0.05, 0) is 56.2 Å². The van der Waals surface area contributed by atoms with Gasteiger partial charge in [0, 0.05) is 16.5 Å². The molecule has 0 radical (unpaired) electrons. The summed E-state index contributed by atoms with van der Waals surface area (Å²) >= 11 is 7.94. The molecule has 1 heterocycles. The standard InChI is InChI=1S/C26H26ClN5OS/c1-17-8-7-9-20(14-17)16-34-26-31-30-24(32(26)23-15-21(27)13-12-18(23)2)19(3)28-25(33)29-22-10-5-4-6-11-22/h4-15,19H,16H2,1-3H3,(H2,28,29,33). The van der Waals surface area contributed by atoms with Gasteiger partial charge < -0.3 is 10.6 Å². The zero-order chi connectivity index (χ0) is 24.1. The van der Waals surface area contributed by atoms with Crippen LogP contribution in [0.1, 0.15) is 35.5 Å². The lowest BCUT2D eigenvalue weighted by atomic mass is 10.2. The number of para-hydroxylation sites is 1. The molecule has 0 fully saturated rings. The van der Waals surface area contributed by atoms with E-state index < -0.39 is 6.04 Å². The molecule has 0 saturated heterocycles. The maximum absolute atomic E-state index is 12.6. The highest BCUT2D eigenvalue weighted by Crippen LogP contribution is 2.30. The Kier molecular flexibility index (Phi) is 7.55. The number of nitrogens with zero attached hydrogens (tertiary/aromatic N) is 3. The van der Waals surface area contributed by atoms with E-state index in [0.717, 1.165) is 22.2 Å². The molecule has 34 heavy (non-hydrogen) atoms. The molecular formula is C26H26ClN5OS. The van der Waals surface area contributed by atoms with Gasteiger partial charge in [0.2, 0.25) is 0 Å². The summed E-state index contributed by atoms with van der Waals surface area (Å²) in [5, 5.41) is 16.1. The molecule has 0 spiro atoms. The molecule has 1 unspecified atom stereocenters. The monoisotopic (exact) mass is 491 g/mol. The van der Waals surface area contributed by atoms with Crippen LogP contribution in [0.2, 0.25) is 5.02 Å². The van der Waals surface area contributed by atoms with E-state index in [4.69, 9.17) is 11.6 Å². The van der Waals surface area contributed by atoms with Crippen molar-refractivity contribution in [3.63, 3.8) is 0 Å². The summed E-state index contributed by atoms with van der Waals surface area (Å²) in [6.45, 7) is 5.99. The fourth-order valence-corrected chi connectivity index (χ4v) is 4.67. The van der Waals surface area contributed by atoms with Crippen LogP contribution in [0.4, 0.5) is 10.5 Å². The molecular weight excluding hydrogens is 466 g/mol. The lowest BCUT2D eigenvalue weighted by Gasteiger charge is -2.18. The fraction of sp³-hybridized carbons (Fsp3) is 0.192. The number of anilines is 1. The first-order valence-corrected chi connectivity index (χ1v) is 12.3. The van der Waals surface area contributed by atoms with Crippen LogP contribution in [0.15, 0.2) is 78.0 Å². The van der Waals surface area contributed by atoms with Gasteiger partial charge in [-0.15, -0.1) is 10.2 Å². The molecule has 8 heteroatoms. The van der Waals surface area contributed by atoms with Gasteiger partial charge in [0.15, 0.2) is 11.0 Å². The number of amides is 2. The Labute approximate surface area is 208 Å². The Morgan fingerprint density at radius 2 is 1.82 bits per heavy atom. The van der Waals surface area contributed by atoms with Gasteiger partial charge in [-0.25, -0.2) is 4.79 Å². The maximum Gasteiger partial charge on any atom is 0.319 e. The number of halogens is 1. The molecule has 4 aromatic rings. The van der Waals surface area contributed by atoms with Gasteiger partial charge in [-0.1, -0.05) is 77.5 Å². The van der Waals surface area contributed by atoms with Crippen molar-refractivity contribution in [2.45, 2.75) is 37.7 Å². The minimum atomic E-state index is -0.400. The third-order valence-corrected chi connectivity index (χ3v) is 6.52. The minimum Gasteiger partial charge on any atom is -0.328 e. The van der Waals surface area contributed by atoms with E-state index in [1.807, 2.05) is 66.9 Å². The SMILES string of the molecule is Cc1cccc(CSc2nnc(C(C)NC(=O)Nc3ccccc3)n2-c2cc(Cl)ccc2C)c1. The number of carbonyl (C=O) groups is 1. The van der Waals surface area contributed by atoms with Crippen LogP contribution in [-0.2, 0) is 5.75 Å². The van der Waals surface area contributed by atoms with Crippen molar-refractivity contribution >= 4 is 35.1 Å². The van der Waals surface area contributed by atoms with Gasteiger partial charge in [0.25, 0.3) is 0 Å². The van der Waals surface area contributed by atoms with Crippen molar-refractivity contribution in [3.05, 3.63) is 100 Å². The number of aromatic nitrogens is 3. The summed E-state index contributed by atoms with van der Waals surface area (Å²) in [5.41, 5.74) is 5.06. The van der Waals surface area contributed by atoms with Gasteiger partial charge in [0.05, 0.1) is 11.7 Å². The Morgan fingerprint density at radius 3 is 2.59 bits per heavy atom. The lowest BCUT2D eigenvalue weighted by molar-refractivity contribution is 0.249. The minimum absolute atomic E-state index is 0.315. The first-order chi connectivity index (χ1) is 16.4. The quantitative estimate of drug-likeness (QED) is 0.282. The smallest absolute Gasteiger partial charge is 0.319 e. The van der Waals surface area contributed by atoms with Crippen molar-refractivity contribution in [1.82, 2.24) is 20.1 Å². The van der Waals surface area contributed by atoms with Gasteiger partial charge in [-0.3, -0.25) is 4.57 Å². The number of carbonyl (C=O) groups excluding carboxylic acids is 1. The number of rotatable bonds is 7. The van der Waals surface area contributed by atoms with E-state index in [0.29, 0.717) is 16.5 Å². The average molecular weight is 492 g/mol. The molecule has 3 aromatic carbocycles. The largest absolute Gasteiger partial charge is 0.328 e. The Bertz CT molecular complexity index is 1290. The zero-order valence-corrected chi connectivity index (χ0v) is 20.8. The first-order valence-electron chi connectivity index (χ1n) is 10.9. The average Bonchev–Trinajstić information content (AvgIpc) is 3.24. The van der Waals surface area contributed by atoms with Gasteiger partial charge in [-0.2, -0.15) is 0 Å². The van der Waals surface area contributed by atoms with Crippen LogP contribution in [0.5, 0.6) is 0 Å². The summed E-state index contributed by atoms with van der Waals surface area (Å²) in [7, 11) is 0. The summed E-state index contributed by atoms with van der Waals surface area (Å²) in [6.07, 6.45) is 0. The van der Waals surface area contributed by atoms with Crippen molar-refractivity contribution in [2.24, 2.45) is 0 Å². The number of nitrogens with one attached hydrogen (secondary N) is 2. The van der Waals surface area contributed by atoms with Crippen molar-refractivity contribution in [2.75, 3.05) is 5.32 Å². The Balaban J connectivity index is 1.62. The zero-order valence-electron chi connectivity index (χ0n) is 19.2. The van der Waals surface area contributed by atoms with Crippen LogP contribution < -0.4 is 10.6 Å².